The van der Waals surface area contributed by atoms with Gasteiger partial charge in [0.05, 0.1) is 5.25 Å². The van der Waals surface area contributed by atoms with E-state index in [0.29, 0.717) is 12.5 Å². The second-order valence-electron chi connectivity index (χ2n) is 4.96. The lowest BCUT2D eigenvalue weighted by molar-refractivity contribution is -0.119. The molecule has 1 amide bonds. The summed E-state index contributed by atoms with van der Waals surface area (Å²) >= 11 is 0. The molecule has 3 N–H and O–H groups in total. The molecule has 2 unspecified atom stereocenters. The van der Waals surface area contributed by atoms with E-state index < -0.39 is 26.7 Å². The topological polar surface area (TPSA) is 89.3 Å². The quantitative estimate of drug-likeness (QED) is 0.733. The summed E-state index contributed by atoms with van der Waals surface area (Å²) in [7, 11) is -3.31. The van der Waals surface area contributed by atoms with Crippen molar-refractivity contribution in [3.05, 3.63) is 0 Å². The lowest BCUT2D eigenvalue weighted by Crippen LogP contribution is -2.43. The van der Waals surface area contributed by atoms with Crippen LogP contribution in [0.25, 0.3) is 0 Å². The summed E-state index contributed by atoms with van der Waals surface area (Å²) in [6.07, 6.45) is 2.96. The van der Waals surface area contributed by atoms with E-state index in [2.05, 4.69) is 5.32 Å². The molecule has 1 aliphatic rings. The van der Waals surface area contributed by atoms with E-state index in [1.54, 1.807) is 13.8 Å². The Bertz CT molecular complexity index is 365. The van der Waals surface area contributed by atoms with Gasteiger partial charge >= 0.3 is 0 Å². The smallest absolute Gasteiger partial charge is 0.235 e. The Balaban J connectivity index is 2.50. The molecule has 6 heteroatoms. The van der Waals surface area contributed by atoms with Gasteiger partial charge in [-0.2, -0.15) is 0 Å². The summed E-state index contributed by atoms with van der Waals surface area (Å²) in [4.78, 5) is 11.6. The standard InChI is InChI=1S/C11H22N2O3S/c1-8(2)17(15,16)7-11(14)13-10-5-3-4-9(10)6-12/h8-10H,3-7,12H2,1-2H3,(H,13,14). The monoisotopic (exact) mass is 262 g/mol. The van der Waals surface area contributed by atoms with E-state index in [0.717, 1.165) is 19.3 Å². The predicted molar refractivity (Wildman–Crippen MR) is 67.2 cm³/mol. The van der Waals surface area contributed by atoms with Crippen molar-refractivity contribution in [1.82, 2.24) is 5.32 Å². The molecule has 0 saturated heterocycles. The van der Waals surface area contributed by atoms with E-state index in [1.807, 2.05) is 0 Å². The molecule has 0 spiro atoms. The summed E-state index contributed by atoms with van der Waals surface area (Å²) in [6, 6.07) is 0.0508. The predicted octanol–water partition coefficient (Wildman–Crippen LogP) is 0.0532. The van der Waals surface area contributed by atoms with Crippen LogP contribution in [0.2, 0.25) is 0 Å². The van der Waals surface area contributed by atoms with Crippen molar-refractivity contribution in [2.75, 3.05) is 12.3 Å². The van der Waals surface area contributed by atoms with Gasteiger partial charge in [0.1, 0.15) is 5.75 Å². The largest absolute Gasteiger partial charge is 0.352 e. The maximum absolute atomic E-state index is 11.6. The number of carbonyl (C=O) groups is 1. The molecule has 17 heavy (non-hydrogen) atoms. The molecule has 1 fully saturated rings. The molecule has 0 bridgehead atoms. The molecule has 0 radical (unpaired) electrons. The van der Waals surface area contributed by atoms with Crippen LogP contribution in [0.5, 0.6) is 0 Å². The number of hydrogen-bond acceptors (Lipinski definition) is 4. The summed E-state index contributed by atoms with van der Waals surface area (Å²) in [5, 5.41) is 2.28. The normalized spacial score (nSPS) is 25.2. The molecule has 2 atom stereocenters. The van der Waals surface area contributed by atoms with Gasteiger partial charge in [0, 0.05) is 6.04 Å². The molecule has 0 aliphatic heterocycles. The molecular weight excluding hydrogens is 240 g/mol. The first-order valence-electron chi connectivity index (χ1n) is 6.08. The third-order valence-corrected chi connectivity index (χ3v) is 5.46. The van der Waals surface area contributed by atoms with Gasteiger partial charge in [0.2, 0.25) is 5.91 Å². The third kappa shape index (κ3) is 3.96. The molecule has 0 heterocycles. The van der Waals surface area contributed by atoms with E-state index in [4.69, 9.17) is 5.73 Å². The van der Waals surface area contributed by atoms with Gasteiger partial charge in [-0.05, 0) is 39.2 Å². The van der Waals surface area contributed by atoms with Crippen molar-refractivity contribution >= 4 is 15.7 Å². The Morgan fingerprint density at radius 2 is 2.06 bits per heavy atom. The molecule has 0 aromatic carbocycles. The van der Waals surface area contributed by atoms with E-state index in [-0.39, 0.29) is 6.04 Å². The van der Waals surface area contributed by atoms with E-state index >= 15 is 0 Å². The highest BCUT2D eigenvalue weighted by atomic mass is 32.2. The van der Waals surface area contributed by atoms with Gasteiger partial charge < -0.3 is 11.1 Å². The van der Waals surface area contributed by atoms with Crippen molar-refractivity contribution in [2.24, 2.45) is 11.7 Å². The molecule has 1 saturated carbocycles. The number of hydrogen-bond donors (Lipinski definition) is 2. The number of sulfone groups is 1. The fourth-order valence-electron chi connectivity index (χ4n) is 2.11. The highest BCUT2D eigenvalue weighted by Crippen LogP contribution is 2.24. The fourth-order valence-corrected chi connectivity index (χ4v) is 2.89. The average Bonchev–Trinajstić information content (AvgIpc) is 2.63. The van der Waals surface area contributed by atoms with Crippen molar-refractivity contribution in [2.45, 2.75) is 44.4 Å². The first kappa shape index (κ1) is 14.4. The van der Waals surface area contributed by atoms with Gasteiger partial charge in [-0.3, -0.25) is 4.79 Å². The minimum atomic E-state index is -3.31. The highest BCUT2D eigenvalue weighted by molar-refractivity contribution is 7.92. The lowest BCUT2D eigenvalue weighted by atomic mass is 10.0. The molecule has 5 nitrogen and oxygen atoms in total. The Morgan fingerprint density at radius 3 is 2.59 bits per heavy atom. The molecule has 100 valence electrons. The first-order chi connectivity index (χ1) is 7.86. The first-order valence-corrected chi connectivity index (χ1v) is 7.79. The van der Waals surface area contributed by atoms with Crippen molar-refractivity contribution in [1.29, 1.82) is 0 Å². The van der Waals surface area contributed by atoms with Crippen LogP contribution in [-0.4, -0.2) is 37.9 Å². The van der Waals surface area contributed by atoms with Crippen LogP contribution < -0.4 is 11.1 Å². The summed E-state index contributed by atoms with van der Waals surface area (Å²) < 4.78 is 23.2. The van der Waals surface area contributed by atoms with Crippen molar-refractivity contribution in [3.8, 4) is 0 Å². The highest BCUT2D eigenvalue weighted by Gasteiger charge is 2.29. The Labute approximate surface area is 103 Å². The average molecular weight is 262 g/mol. The number of rotatable bonds is 5. The van der Waals surface area contributed by atoms with Crippen LogP contribution >= 0.6 is 0 Å². The summed E-state index contributed by atoms with van der Waals surface area (Å²) in [6.45, 7) is 3.71. The van der Waals surface area contributed by atoms with Crippen LogP contribution in [-0.2, 0) is 14.6 Å². The zero-order valence-corrected chi connectivity index (χ0v) is 11.3. The zero-order chi connectivity index (χ0) is 13.1. The molecule has 0 aromatic heterocycles. The maximum atomic E-state index is 11.6. The molecule has 0 aromatic rings. The SMILES string of the molecule is CC(C)S(=O)(=O)CC(=O)NC1CCCC1CN. The van der Waals surface area contributed by atoms with Crippen molar-refractivity contribution < 1.29 is 13.2 Å². The molecule has 1 rings (SSSR count). The Morgan fingerprint density at radius 1 is 1.41 bits per heavy atom. The number of nitrogens with one attached hydrogen (secondary N) is 1. The van der Waals surface area contributed by atoms with Crippen LogP contribution in [0.1, 0.15) is 33.1 Å². The van der Waals surface area contributed by atoms with Crippen LogP contribution in [0.3, 0.4) is 0 Å². The molecule has 1 aliphatic carbocycles. The van der Waals surface area contributed by atoms with Crippen molar-refractivity contribution in [3.63, 3.8) is 0 Å². The van der Waals surface area contributed by atoms with Crippen LogP contribution in [0.4, 0.5) is 0 Å². The second-order valence-corrected chi connectivity index (χ2v) is 7.51. The minimum absolute atomic E-state index is 0.0508. The number of amides is 1. The summed E-state index contributed by atoms with van der Waals surface area (Å²) in [5.74, 6) is -0.525. The number of nitrogens with two attached hydrogens (primary N) is 1. The Kier molecular flexibility index (Phi) is 4.94. The maximum Gasteiger partial charge on any atom is 0.235 e. The Hall–Kier alpha value is -0.620. The van der Waals surface area contributed by atoms with Gasteiger partial charge in [-0.15, -0.1) is 0 Å². The second kappa shape index (κ2) is 5.82. The van der Waals surface area contributed by atoms with Gasteiger partial charge in [-0.25, -0.2) is 8.42 Å². The van der Waals surface area contributed by atoms with Gasteiger partial charge in [0.15, 0.2) is 9.84 Å². The minimum Gasteiger partial charge on any atom is -0.352 e. The van der Waals surface area contributed by atoms with Gasteiger partial charge in [-0.1, -0.05) is 6.42 Å². The van der Waals surface area contributed by atoms with Crippen LogP contribution in [0.15, 0.2) is 0 Å². The lowest BCUT2D eigenvalue weighted by Gasteiger charge is -2.19. The van der Waals surface area contributed by atoms with Crippen LogP contribution in [0, 0.1) is 5.92 Å². The van der Waals surface area contributed by atoms with E-state index in [1.165, 1.54) is 0 Å². The van der Waals surface area contributed by atoms with E-state index in [9.17, 15) is 13.2 Å². The zero-order valence-electron chi connectivity index (χ0n) is 10.5. The summed E-state index contributed by atoms with van der Waals surface area (Å²) in [5.41, 5.74) is 5.61. The fraction of sp³-hybridized carbons (Fsp3) is 0.909. The molecular formula is C11H22N2O3S. The third-order valence-electron chi connectivity index (χ3n) is 3.36. The van der Waals surface area contributed by atoms with Gasteiger partial charge in [0.25, 0.3) is 0 Å². The number of carbonyl (C=O) groups excluding carboxylic acids is 1.